The van der Waals surface area contributed by atoms with Crippen LogP contribution < -0.4 is 9.44 Å². The zero-order valence-corrected chi connectivity index (χ0v) is 8.66. The number of para-hydroxylation sites is 1. The maximum absolute atomic E-state index is 11.1. The van der Waals surface area contributed by atoms with Gasteiger partial charge in [0.05, 0.1) is 5.69 Å². The Morgan fingerprint density at radius 2 is 2.00 bits per heavy atom. The van der Waals surface area contributed by atoms with Crippen LogP contribution in [0.5, 0.6) is 0 Å². The summed E-state index contributed by atoms with van der Waals surface area (Å²) >= 11 is 0. The smallest absolute Gasteiger partial charge is 0.260 e. The second-order valence-electron chi connectivity index (χ2n) is 2.78. The Bertz CT molecular complexity index is 440. The van der Waals surface area contributed by atoms with E-state index in [-0.39, 0.29) is 0 Å². The molecule has 0 atom stereocenters. The fraction of sp³-hybridized carbons (Fsp3) is 0.111. The molecule has 2 N–H and O–H groups in total. The molecule has 0 unspecified atom stereocenters. The SMILES string of the molecule is C=Cc1ccccc1N(C)S(N)(=O)=O. The third-order valence-corrected chi connectivity index (χ3v) is 2.84. The van der Waals surface area contributed by atoms with E-state index < -0.39 is 10.2 Å². The van der Waals surface area contributed by atoms with Gasteiger partial charge in [-0.05, 0) is 11.6 Å². The zero-order valence-electron chi connectivity index (χ0n) is 7.84. The monoisotopic (exact) mass is 212 g/mol. The van der Waals surface area contributed by atoms with E-state index in [0.717, 1.165) is 9.87 Å². The van der Waals surface area contributed by atoms with Crippen molar-refractivity contribution < 1.29 is 8.42 Å². The molecule has 0 saturated heterocycles. The molecule has 1 aromatic carbocycles. The molecule has 0 aliphatic rings. The van der Waals surface area contributed by atoms with E-state index in [1.807, 2.05) is 0 Å². The second-order valence-corrected chi connectivity index (χ2v) is 4.35. The molecule has 1 aromatic rings. The summed E-state index contributed by atoms with van der Waals surface area (Å²) < 4.78 is 23.2. The molecule has 0 radical (unpaired) electrons. The van der Waals surface area contributed by atoms with Crippen molar-refractivity contribution in [2.75, 3.05) is 11.4 Å². The van der Waals surface area contributed by atoms with Crippen LogP contribution in [-0.4, -0.2) is 15.5 Å². The molecule has 4 nitrogen and oxygen atoms in total. The van der Waals surface area contributed by atoms with E-state index in [4.69, 9.17) is 5.14 Å². The molecule has 5 heteroatoms. The van der Waals surface area contributed by atoms with Crippen molar-refractivity contribution in [3.05, 3.63) is 36.4 Å². The third-order valence-electron chi connectivity index (χ3n) is 1.88. The van der Waals surface area contributed by atoms with E-state index in [1.54, 1.807) is 30.3 Å². The first-order chi connectivity index (χ1) is 6.46. The molecule has 0 bridgehead atoms. The predicted octanol–water partition coefficient (Wildman–Crippen LogP) is 0.969. The van der Waals surface area contributed by atoms with Crippen molar-refractivity contribution in [3.8, 4) is 0 Å². The third kappa shape index (κ3) is 2.12. The van der Waals surface area contributed by atoms with E-state index in [1.165, 1.54) is 7.05 Å². The summed E-state index contributed by atoms with van der Waals surface area (Å²) in [5, 5.41) is 5.00. The van der Waals surface area contributed by atoms with E-state index in [0.29, 0.717) is 5.69 Å². The summed E-state index contributed by atoms with van der Waals surface area (Å²) in [5.74, 6) is 0. The Morgan fingerprint density at radius 3 is 2.50 bits per heavy atom. The molecular weight excluding hydrogens is 200 g/mol. The van der Waals surface area contributed by atoms with Gasteiger partial charge in [-0.2, -0.15) is 8.42 Å². The normalized spacial score (nSPS) is 11.0. The minimum atomic E-state index is -3.70. The lowest BCUT2D eigenvalue weighted by atomic mass is 10.2. The molecular formula is C9H12N2O2S. The Balaban J connectivity index is 3.26. The lowest BCUT2D eigenvalue weighted by Gasteiger charge is -2.17. The van der Waals surface area contributed by atoms with Gasteiger partial charge in [0.1, 0.15) is 0 Å². The van der Waals surface area contributed by atoms with Crippen molar-refractivity contribution in [2.45, 2.75) is 0 Å². The summed E-state index contributed by atoms with van der Waals surface area (Å²) in [6.07, 6.45) is 1.58. The first-order valence-corrected chi connectivity index (χ1v) is 5.45. The molecule has 1 rings (SSSR count). The quantitative estimate of drug-likeness (QED) is 0.811. The Labute approximate surface area is 83.8 Å². The van der Waals surface area contributed by atoms with Crippen LogP contribution in [0, 0.1) is 0 Å². The van der Waals surface area contributed by atoms with Gasteiger partial charge < -0.3 is 0 Å². The van der Waals surface area contributed by atoms with E-state index in [9.17, 15) is 8.42 Å². The Morgan fingerprint density at radius 1 is 1.43 bits per heavy atom. The molecule has 76 valence electrons. The largest absolute Gasteiger partial charge is 0.298 e. The summed E-state index contributed by atoms with van der Waals surface area (Å²) in [6.45, 7) is 3.59. The van der Waals surface area contributed by atoms with Crippen LogP contribution in [0.3, 0.4) is 0 Å². The van der Waals surface area contributed by atoms with Gasteiger partial charge in [0.2, 0.25) is 0 Å². The fourth-order valence-electron chi connectivity index (χ4n) is 1.08. The molecule has 14 heavy (non-hydrogen) atoms. The van der Waals surface area contributed by atoms with Crippen LogP contribution in [0.2, 0.25) is 0 Å². The first kappa shape index (κ1) is 10.7. The molecule has 0 saturated carbocycles. The zero-order chi connectivity index (χ0) is 10.8. The lowest BCUT2D eigenvalue weighted by molar-refractivity contribution is 0.596. The van der Waals surface area contributed by atoms with Crippen molar-refractivity contribution in [2.24, 2.45) is 5.14 Å². The maximum Gasteiger partial charge on any atom is 0.298 e. The van der Waals surface area contributed by atoms with Crippen LogP contribution in [0.15, 0.2) is 30.8 Å². The van der Waals surface area contributed by atoms with Crippen molar-refractivity contribution in [3.63, 3.8) is 0 Å². The highest BCUT2D eigenvalue weighted by Crippen LogP contribution is 2.21. The van der Waals surface area contributed by atoms with Gasteiger partial charge in [0.25, 0.3) is 10.2 Å². The number of nitrogens with two attached hydrogens (primary N) is 1. The molecule has 0 fully saturated rings. The lowest BCUT2D eigenvalue weighted by Crippen LogP contribution is -2.33. The van der Waals surface area contributed by atoms with Gasteiger partial charge in [-0.25, -0.2) is 5.14 Å². The number of hydrogen-bond acceptors (Lipinski definition) is 2. The van der Waals surface area contributed by atoms with Crippen molar-refractivity contribution >= 4 is 22.0 Å². The Hall–Kier alpha value is -1.33. The average Bonchev–Trinajstić information content (AvgIpc) is 2.15. The highest BCUT2D eigenvalue weighted by Gasteiger charge is 2.14. The number of nitrogens with zero attached hydrogens (tertiary/aromatic N) is 1. The van der Waals surface area contributed by atoms with Crippen molar-refractivity contribution in [1.82, 2.24) is 0 Å². The minimum absolute atomic E-state index is 0.519. The number of anilines is 1. The van der Waals surface area contributed by atoms with Crippen LogP contribution in [0.25, 0.3) is 6.08 Å². The predicted molar refractivity (Wildman–Crippen MR) is 58.0 cm³/mol. The van der Waals surface area contributed by atoms with Gasteiger partial charge >= 0.3 is 0 Å². The van der Waals surface area contributed by atoms with Gasteiger partial charge in [0.15, 0.2) is 0 Å². The molecule has 0 aromatic heterocycles. The Kier molecular flexibility index (Phi) is 2.93. The molecule has 0 amide bonds. The molecule has 0 aliphatic heterocycles. The highest BCUT2D eigenvalue weighted by molar-refractivity contribution is 7.90. The molecule has 0 heterocycles. The number of benzene rings is 1. The molecule has 0 spiro atoms. The van der Waals surface area contributed by atoms with Crippen LogP contribution in [-0.2, 0) is 10.2 Å². The average molecular weight is 212 g/mol. The second kappa shape index (κ2) is 3.81. The summed E-state index contributed by atoms with van der Waals surface area (Å²) in [5.41, 5.74) is 1.24. The van der Waals surface area contributed by atoms with Gasteiger partial charge in [-0.1, -0.05) is 30.9 Å². The van der Waals surface area contributed by atoms with Gasteiger partial charge in [-0.3, -0.25) is 4.31 Å². The summed E-state index contributed by atoms with van der Waals surface area (Å²) in [6, 6.07) is 6.98. The van der Waals surface area contributed by atoms with Gasteiger partial charge in [-0.15, -0.1) is 0 Å². The molecule has 0 aliphatic carbocycles. The van der Waals surface area contributed by atoms with Crippen LogP contribution >= 0.6 is 0 Å². The van der Waals surface area contributed by atoms with Gasteiger partial charge in [0, 0.05) is 7.05 Å². The fourth-order valence-corrected chi connectivity index (χ4v) is 1.52. The minimum Gasteiger partial charge on any atom is -0.260 e. The maximum atomic E-state index is 11.1. The van der Waals surface area contributed by atoms with E-state index in [2.05, 4.69) is 6.58 Å². The summed E-state index contributed by atoms with van der Waals surface area (Å²) in [7, 11) is -2.30. The number of hydrogen-bond donors (Lipinski definition) is 1. The van der Waals surface area contributed by atoms with E-state index >= 15 is 0 Å². The van der Waals surface area contributed by atoms with Crippen molar-refractivity contribution in [1.29, 1.82) is 0 Å². The van der Waals surface area contributed by atoms with Crippen LogP contribution in [0.4, 0.5) is 5.69 Å². The topological polar surface area (TPSA) is 63.4 Å². The first-order valence-electron chi connectivity index (χ1n) is 3.95. The number of rotatable bonds is 3. The standard InChI is InChI=1S/C9H12N2O2S/c1-3-8-6-4-5-7-9(8)11(2)14(10,12)13/h3-7H,1H2,2H3,(H2,10,12,13). The van der Waals surface area contributed by atoms with Crippen LogP contribution in [0.1, 0.15) is 5.56 Å². The summed E-state index contributed by atoms with van der Waals surface area (Å²) in [4.78, 5) is 0. The highest BCUT2D eigenvalue weighted by atomic mass is 32.2.